The zero-order chi connectivity index (χ0) is 20.6. The third-order valence-electron chi connectivity index (χ3n) is 4.82. The fourth-order valence-corrected chi connectivity index (χ4v) is 3.22. The van der Waals surface area contributed by atoms with Crippen LogP contribution in [0.1, 0.15) is 49.5 Å². The van der Waals surface area contributed by atoms with E-state index in [1.807, 2.05) is 45.0 Å². The van der Waals surface area contributed by atoms with Crippen molar-refractivity contribution >= 4 is 11.9 Å². The molecule has 1 atom stereocenters. The van der Waals surface area contributed by atoms with E-state index in [9.17, 15) is 9.90 Å². The molecule has 0 radical (unpaired) electrons. The van der Waals surface area contributed by atoms with Gasteiger partial charge in [-0.2, -0.15) is 0 Å². The van der Waals surface area contributed by atoms with Crippen molar-refractivity contribution in [2.75, 3.05) is 33.4 Å². The van der Waals surface area contributed by atoms with Gasteiger partial charge in [0.25, 0.3) is 5.91 Å². The molecule has 7 nitrogen and oxygen atoms in total. The molecule has 0 saturated carbocycles. The van der Waals surface area contributed by atoms with Crippen molar-refractivity contribution in [2.45, 2.75) is 45.7 Å². The first kappa shape index (κ1) is 22.2. The lowest BCUT2D eigenvalue weighted by Crippen LogP contribution is -2.44. The number of carbonyl (C=O) groups excluding carboxylic acids is 1. The van der Waals surface area contributed by atoms with Gasteiger partial charge in [0, 0.05) is 49.9 Å². The van der Waals surface area contributed by atoms with Crippen LogP contribution < -0.4 is 16.0 Å². The van der Waals surface area contributed by atoms with Crippen LogP contribution in [0.25, 0.3) is 0 Å². The Morgan fingerprint density at radius 3 is 2.71 bits per heavy atom. The van der Waals surface area contributed by atoms with Gasteiger partial charge in [-0.25, -0.2) is 0 Å². The standard InChI is InChI=1S/C21H34N4O3/c1-20(2,3)25-18(27)17-7-5-6-16(12-17)13-23-19(22-4)24-14-21(8-10-26)9-11-28-15-21/h5-7,12,26H,8-11,13-15H2,1-4H3,(H,25,27)(H2,22,23,24). The Balaban J connectivity index is 1.91. The monoisotopic (exact) mass is 390 g/mol. The van der Waals surface area contributed by atoms with Crippen molar-refractivity contribution in [3.63, 3.8) is 0 Å². The zero-order valence-electron chi connectivity index (χ0n) is 17.5. The Morgan fingerprint density at radius 2 is 2.11 bits per heavy atom. The highest BCUT2D eigenvalue weighted by molar-refractivity contribution is 5.94. The Kier molecular flexibility index (Phi) is 7.83. The van der Waals surface area contributed by atoms with Crippen molar-refractivity contribution in [1.82, 2.24) is 16.0 Å². The molecule has 0 spiro atoms. The van der Waals surface area contributed by atoms with Crippen molar-refractivity contribution in [1.29, 1.82) is 0 Å². The van der Waals surface area contributed by atoms with Gasteiger partial charge in [-0.05, 0) is 51.3 Å². The molecule has 0 aliphatic carbocycles. The second-order valence-electron chi connectivity index (χ2n) is 8.46. The molecule has 4 N–H and O–H groups in total. The molecular formula is C21H34N4O3. The summed E-state index contributed by atoms with van der Waals surface area (Å²) in [7, 11) is 1.73. The minimum atomic E-state index is -0.272. The van der Waals surface area contributed by atoms with Gasteiger partial charge in [-0.3, -0.25) is 9.79 Å². The van der Waals surface area contributed by atoms with Gasteiger partial charge in [-0.15, -0.1) is 0 Å². The van der Waals surface area contributed by atoms with Crippen LogP contribution in [-0.4, -0.2) is 55.9 Å². The highest BCUT2D eigenvalue weighted by Crippen LogP contribution is 2.31. The number of guanidine groups is 1. The summed E-state index contributed by atoms with van der Waals surface area (Å²) in [5.41, 5.74) is 1.32. The Bertz CT molecular complexity index is 676. The normalized spacial score (nSPS) is 20.1. The van der Waals surface area contributed by atoms with Gasteiger partial charge in [-0.1, -0.05) is 12.1 Å². The minimum Gasteiger partial charge on any atom is -0.396 e. The van der Waals surface area contributed by atoms with Crippen LogP contribution >= 0.6 is 0 Å². The predicted molar refractivity (Wildman–Crippen MR) is 111 cm³/mol. The first-order valence-electron chi connectivity index (χ1n) is 9.81. The number of nitrogens with one attached hydrogen (secondary N) is 3. The van der Waals surface area contributed by atoms with Crippen molar-refractivity contribution in [3.05, 3.63) is 35.4 Å². The van der Waals surface area contributed by atoms with E-state index in [4.69, 9.17) is 4.74 Å². The number of rotatable bonds is 7. The second-order valence-corrected chi connectivity index (χ2v) is 8.46. The maximum Gasteiger partial charge on any atom is 0.251 e. The number of hydrogen-bond donors (Lipinski definition) is 4. The Hall–Kier alpha value is -2.12. The molecule has 0 bridgehead atoms. The van der Waals surface area contributed by atoms with Gasteiger partial charge in [0.1, 0.15) is 0 Å². The third kappa shape index (κ3) is 6.80. The molecule has 1 amide bonds. The number of nitrogens with zero attached hydrogens (tertiary/aromatic N) is 1. The number of amides is 1. The molecule has 156 valence electrons. The fourth-order valence-electron chi connectivity index (χ4n) is 3.22. The van der Waals surface area contributed by atoms with Gasteiger partial charge in [0.2, 0.25) is 0 Å². The van der Waals surface area contributed by atoms with E-state index in [-0.39, 0.29) is 23.5 Å². The third-order valence-corrected chi connectivity index (χ3v) is 4.82. The zero-order valence-corrected chi connectivity index (χ0v) is 17.5. The van der Waals surface area contributed by atoms with E-state index in [1.54, 1.807) is 7.05 Å². The summed E-state index contributed by atoms with van der Waals surface area (Å²) in [4.78, 5) is 16.6. The van der Waals surface area contributed by atoms with Crippen LogP contribution in [0.2, 0.25) is 0 Å². The lowest BCUT2D eigenvalue weighted by molar-refractivity contribution is 0.0919. The molecular weight excluding hydrogens is 356 g/mol. The van der Waals surface area contributed by atoms with Crippen LogP contribution in [0.5, 0.6) is 0 Å². The summed E-state index contributed by atoms with van der Waals surface area (Å²) < 4.78 is 5.53. The van der Waals surface area contributed by atoms with E-state index >= 15 is 0 Å². The maximum atomic E-state index is 12.4. The number of benzene rings is 1. The number of hydrogen-bond acceptors (Lipinski definition) is 4. The van der Waals surface area contributed by atoms with Crippen LogP contribution in [0, 0.1) is 5.41 Å². The van der Waals surface area contributed by atoms with E-state index < -0.39 is 0 Å². The van der Waals surface area contributed by atoms with Crippen molar-refractivity contribution in [3.8, 4) is 0 Å². The number of aliphatic hydroxyl groups excluding tert-OH is 1. The molecule has 1 heterocycles. The lowest BCUT2D eigenvalue weighted by Gasteiger charge is -2.27. The van der Waals surface area contributed by atoms with Crippen LogP contribution in [0.15, 0.2) is 29.3 Å². The molecule has 7 heteroatoms. The molecule has 1 aliphatic heterocycles. The maximum absolute atomic E-state index is 12.4. The lowest BCUT2D eigenvalue weighted by atomic mass is 9.84. The first-order chi connectivity index (χ1) is 13.3. The first-order valence-corrected chi connectivity index (χ1v) is 9.81. The van der Waals surface area contributed by atoms with E-state index in [0.717, 1.165) is 18.6 Å². The SMILES string of the molecule is CN=C(NCc1cccc(C(=O)NC(C)(C)C)c1)NCC1(CCO)CCOC1. The molecule has 1 saturated heterocycles. The molecule has 1 fully saturated rings. The number of aliphatic imine (C=N–C) groups is 1. The van der Waals surface area contributed by atoms with Gasteiger partial charge in [0.15, 0.2) is 5.96 Å². The quantitative estimate of drug-likeness (QED) is 0.420. The second kappa shape index (κ2) is 9.89. The number of ether oxygens (including phenoxy) is 1. The highest BCUT2D eigenvalue weighted by Gasteiger charge is 2.34. The number of aliphatic hydroxyl groups is 1. The largest absolute Gasteiger partial charge is 0.396 e. The summed E-state index contributed by atoms with van der Waals surface area (Å²) in [6, 6.07) is 7.57. The molecule has 1 aromatic carbocycles. The number of carbonyl (C=O) groups is 1. The summed E-state index contributed by atoms with van der Waals surface area (Å²) in [6.45, 7) is 8.68. The molecule has 1 unspecified atom stereocenters. The minimum absolute atomic E-state index is 0.0443. The van der Waals surface area contributed by atoms with E-state index in [1.165, 1.54) is 0 Å². The van der Waals surface area contributed by atoms with Gasteiger partial charge in [0.05, 0.1) is 6.61 Å². The highest BCUT2D eigenvalue weighted by atomic mass is 16.5. The summed E-state index contributed by atoms with van der Waals surface area (Å²) in [6.07, 6.45) is 1.64. The average Bonchev–Trinajstić information content (AvgIpc) is 3.10. The van der Waals surface area contributed by atoms with Crippen molar-refractivity contribution in [2.24, 2.45) is 10.4 Å². The van der Waals surface area contributed by atoms with Gasteiger partial charge >= 0.3 is 0 Å². The van der Waals surface area contributed by atoms with Crippen molar-refractivity contribution < 1.29 is 14.6 Å². The molecule has 1 aromatic rings. The molecule has 2 rings (SSSR count). The predicted octanol–water partition coefficient (Wildman–Crippen LogP) is 1.67. The van der Waals surface area contributed by atoms with E-state index in [2.05, 4.69) is 20.9 Å². The average molecular weight is 391 g/mol. The molecule has 1 aliphatic rings. The summed E-state index contributed by atoms with van der Waals surface area (Å²) >= 11 is 0. The van der Waals surface area contributed by atoms with Crippen LogP contribution in [0.3, 0.4) is 0 Å². The summed E-state index contributed by atoms with van der Waals surface area (Å²) in [5.74, 6) is 0.609. The smallest absolute Gasteiger partial charge is 0.251 e. The van der Waals surface area contributed by atoms with Crippen LogP contribution in [-0.2, 0) is 11.3 Å². The van der Waals surface area contributed by atoms with E-state index in [0.29, 0.717) is 37.6 Å². The van der Waals surface area contributed by atoms with Crippen LogP contribution in [0.4, 0.5) is 0 Å². The van der Waals surface area contributed by atoms with Gasteiger partial charge < -0.3 is 25.8 Å². The summed E-state index contributed by atoms with van der Waals surface area (Å²) in [5, 5.41) is 19.0. The molecule has 0 aromatic heterocycles. The topological polar surface area (TPSA) is 95.0 Å². The molecule has 28 heavy (non-hydrogen) atoms. The fraction of sp³-hybridized carbons (Fsp3) is 0.619. The Labute approximate surface area is 168 Å². The Morgan fingerprint density at radius 1 is 1.32 bits per heavy atom.